The van der Waals surface area contributed by atoms with Crippen molar-refractivity contribution in [2.24, 2.45) is 5.73 Å². The zero-order valence-electron chi connectivity index (χ0n) is 13.8. The number of hydrogen-bond acceptors (Lipinski definition) is 7. The van der Waals surface area contributed by atoms with Gasteiger partial charge in [0.05, 0.1) is 19.3 Å². The molecule has 0 aromatic heterocycles. The van der Waals surface area contributed by atoms with Gasteiger partial charge in [-0.2, -0.15) is 0 Å². The average Bonchev–Trinajstić information content (AvgIpc) is 3.05. The Labute approximate surface area is 144 Å². The van der Waals surface area contributed by atoms with Gasteiger partial charge in [0.1, 0.15) is 18.1 Å². The summed E-state index contributed by atoms with van der Waals surface area (Å²) in [7, 11) is 0. The molecule has 0 spiro atoms. The number of carboxylic acid groups (broad SMARTS) is 1. The van der Waals surface area contributed by atoms with Crippen LogP contribution in [0.15, 0.2) is 0 Å². The van der Waals surface area contributed by atoms with E-state index in [9.17, 15) is 29.4 Å². The van der Waals surface area contributed by atoms with Gasteiger partial charge in [0.25, 0.3) is 0 Å². The van der Waals surface area contributed by atoms with Crippen LogP contribution in [-0.2, 0) is 19.2 Å². The predicted molar refractivity (Wildman–Crippen MR) is 84.1 cm³/mol. The molecule has 4 atom stereocenters. The normalized spacial score (nSPS) is 20.5. The molecule has 0 radical (unpaired) electrons. The molecule has 1 rings (SSSR count). The maximum Gasteiger partial charge on any atom is 0.326 e. The maximum absolute atomic E-state index is 12.3. The van der Waals surface area contributed by atoms with Gasteiger partial charge in [-0.1, -0.05) is 0 Å². The Hall–Kier alpha value is -2.24. The Morgan fingerprint density at radius 1 is 1.32 bits per heavy atom. The molecule has 3 amide bonds. The van der Waals surface area contributed by atoms with Gasteiger partial charge in [-0.25, -0.2) is 4.79 Å². The van der Waals surface area contributed by atoms with Crippen molar-refractivity contribution < 1.29 is 34.5 Å². The van der Waals surface area contributed by atoms with Gasteiger partial charge in [0, 0.05) is 6.54 Å². The number of nitrogens with one attached hydrogen (secondary N) is 2. The van der Waals surface area contributed by atoms with Crippen molar-refractivity contribution in [2.75, 3.05) is 19.7 Å². The molecule has 11 heteroatoms. The number of likely N-dealkylation sites (tertiary alicyclic amines) is 1. The summed E-state index contributed by atoms with van der Waals surface area (Å²) in [5, 5.41) is 32.0. The largest absolute Gasteiger partial charge is 0.480 e. The van der Waals surface area contributed by atoms with Crippen molar-refractivity contribution in [3.05, 3.63) is 0 Å². The van der Waals surface area contributed by atoms with E-state index in [2.05, 4.69) is 10.6 Å². The first kappa shape index (κ1) is 20.8. The Kier molecular flexibility index (Phi) is 7.74. The van der Waals surface area contributed by atoms with Crippen molar-refractivity contribution >= 4 is 23.7 Å². The van der Waals surface area contributed by atoms with E-state index in [0.29, 0.717) is 12.8 Å². The van der Waals surface area contributed by atoms with E-state index in [1.807, 2.05) is 0 Å². The molecule has 0 aromatic rings. The van der Waals surface area contributed by atoms with Gasteiger partial charge < -0.3 is 36.6 Å². The van der Waals surface area contributed by atoms with Crippen LogP contribution in [0.1, 0.15) is 19.8 Å². The Bertz CT molecular complexity index is 525. The molecule has 0 saturated carbocycles. The zero-order valence-corrected chi connectivity index (χ0v) is 13.8. The van der Waals surface area contributed by atoms with Crippen LogP contribution in [0.3, 0.4) is 0 Å². The Balaban J connectivity index is 2.57. The molecule has 1 heterocycles. The minimum absolute atomic E-state index is 0.224. The SMILES string of the molecule is CC(O)C(N)C(=O)NCC(=O)NC(CO)C(=O)N1CCCC1C(=O)O. The first-order valence-electron chi connectivity index (χ1n) is 7.83. The smallest absolute Gasteiger partial charge is 0.326 e. The molecule has 1 fully saturated rings. The first-order valence-corrected chi connectivity index (χ1v) is 7.83. The van der Waals surface area contributed by atoms with E-state index in [4.69, 9.17) is 10.8 Å². The number of nitrogens with two attached hydrogens (primary N) is 1. The summed E-state index contributed by atoms with van der Waals surface area (Å²) < 4.78 is 0. The van der Waals surface area contributed by atoms with E-state index in [-0.39, 0.29) is 6.54 Å². The molecule has 11 nitrogen and oxygen atoms in total. The van der Waals surface area contributed by atoms with Crippen LogP contribution in [-0.4, -0.2) is 87.8 Å². The maximum atomic E-state index is 12.3. The third-order valence-corrected chi connectivity index (χ3v) is 3.88. The van der Waals surface area contributed by atoms with Gasteiger partial charge >= 0.3 is 5.97 Å². The second kappa shape index (κ2) is 9.30. The fourth-order valence-corrected chi connectivity index (χ4v) is 2.42. The van der Waals surface area contributed by atoms with Crippen LogP contribution in [0.5, 0.6) is 0 Å². The number of aliphatic hydroxyl groups excluding tert-OH is 2. The molecule has 0 bridgehead atoms. The third-order valence-electron chi connectivity index (χ3n) is 3.88. The molecule has 1 aliphatic heterocycles. The molecule has 7 N–H and O–H groups in total. The molecule has 0 aromatic carbocycles. The van der Waals surface area contributed by atoms with Gasteiger partial charge in [-0.15, -0.1) is 0 Å². The lowest BCUT2D eigenvalue weighted by atomic mass is 10.2. The van der Waals surface area contributed by atoms with Crippen LogP contribution < -0.4 is 16.4 Å². The number of amides is 3. The number of aliphatic hydroxyl groups is 2. The average molecular weight is 360 g/mol. The highest BCUT2D eigenvalue weighted by atomic mass is 16.4. The number of carbonyl (C=O) groups excluding carboxylic acids is 3. The van der Waals surface area contributed by atoms with Gasteiger partial charge in [-0.05, 0) is 19.8 Å². The summed E-state index contributed by atoms with van der Waals surface area (Å²) in [6, 6.07) is -3.50. The molecular formula is C14H24N4O7. The molecule has 25 heavy (non-hydrogen) atoms. The lowest BCUT2D eigenvalue weighted by Gasteiger charge is -2.26. The molecular weight excluding hydrogens is 336 g/mol. The second-order valence-corrected chi connectivity index (χ2v) is 5.81. The molecule has 1 aliphatic rings. The predicted octanol–water partition coefficient (Wildman–Crippen LogP) is -3.64. The fourth-order valence-electron chi connectivity index (χ4n) is 2.42. The van der Waals surface area contributed by atoms with Crippen molar-refractivity contribution in [3.8, 4) is 0 Å². The number of aliphatic carboxylic acids is 1. The second-order valence-electron chi connectivity index (χ2n) is 5.81. The monoisotopic (exact) mass is 360 g/mol. The summed E-state index contributed by atoms with van der Waals surface area (Å²) in [6.45, 7) is 0.321. The van der Waals surface area contributed by atoms with Crippen LogP contribution in [0.4, 0.5) is 0 Å². The van der Waals surface area contributed by atoms with Crippen molar-refractivity contribution in [2.45, 2.75) is 44.0 Å². The van der Waals surface area contributed by atoms with E-state index >= 15 is 0 Å². The highest BCUT2D eigenvalue weighted by molar-refractivity contribution is 5.92. The zero-order chi connectivity index (χ0) is 19.1. The van der Waals surface area contributed by atoms with Crippen LogP contribution in [0, 0.1) is 0 Å². The Morgan fingerprint density at radius 3 is 2.48 bits per heavy atom. The lowest BCUT2D eigenvalue weighted by Crippen LogP contribution is -2.55. The minimum atomic E-state index is -1.31. The number of rotatable bonds is 8. The first-order chi connectivity index (χ1) is 11.7. The Morgan fingerprint density at radius 2 is 1.96 bits per heavy atom. The third kappa shape index (κ3) is 5.66. The van der Waals surface area contributed by atoms with Crippen molar-refractivity contribution in [3.63, 3.8) is 0 Å². The van der Waals surface area contributed by atoms with Gasteiger partial charge in [0.15, 0.2) is 0 Å². The van der Waals surface area contributed by atoms with Crippen LogP contribution >= 0.6 is 0 Å². The fraction of sp³-hybridized carbons (Fsp3) is 0.714. The molecule has 4 unspecified atom stereocenters. The number of carboxylic acids is 1. The highest BCUT2D eigenvalue weighted by Gasteiger charge is 2.37. The topological polar surface area (TPSA) is 182 Å². The van der Waals surface area contributed by atoms with Gasteiger partial charge in [0.2, 0.25) is 17.7 Å². The van der Waals surface area contributed by atoms with Crippen LogP contribution in [0.2, 0.25) is 0 Å². The minimum Gasteiger partial charge on any atom is -0.480 e. The lowest BCUT2D eigenvalue weighted by molar-refractivity contribution is -0.149. The van der Waals surface area contributed by atoms with Crippen LogP contribution in [0.25, 0.3) is 0 Å². The highest BCUT2D eigenvalue weighted by Crippen LogP contribution is 2.18. The number of carbonyl (C=O) groups is 4. The standard InChI is InChI=1S/C14H24N4O7/c1-7(20)11(15)12(22)16-5-10(21)17-8(6-19)13(23)18-4-2-3-9(18)14(24)25/h7-9,11,19-20H,2-6,15H2,1H3,(H,16,22)(H,17,21)(H,24,25). The molecule has 1 saturated heterocycles. The molecule has 142 valence electrons. The van der Waals surface area contributed by atoms with E-state index in [1.54, 1.807) is 0 Å². The van der Waals surface area contributed by atoms with Crippen molar-refractivity contribution in [1.82, 2.24) is 15.5 Å². The summed E-state index contributed by atoms with van der Waals surface area (Å²) in [6.07, 6.45) is -0.277. The molecule has 0 aliphatic carbocycles. The quantitative estimate of drug-likeness (QED) is 0.256. The van der Waals surface area contributed by atoms with Crippen molar-refractivity contribution in [1.29, 1.82) is 0 Å². The summed E-state index contributed by atoms with van der Waals surface area (Å²) in [5.41, 5.74) is 5.40. The summed E-state index contributed by atoms with van der Waals surface area (Å²) in [4.78, 5) is 47.9. The van der Waals surface area contributed by atoms with E-state index in [0.717, 1.165) is 4.90 Å². The van der Waals surface area contributed by atoms with E-state index in [1.165, 1.54) is 6.92 Å². The number of hydrogen-bond donors (Lipinski definition) is 6. The van der Waals surface area contributed by atoms with Gasteiger partial charge in [-0.3, -0.25) is 14.4 Å². The van der Waals surface area contributed by atoms with E-state index < -0.39 is 61.1 Å². The number of nitrogens with zero attached hydrogens (tertiary/aromatic N) is 1. The summed E-state index contributed by atoms with van der Waals surface area (Å²) >= 11 is 0. The summed E-state index contributed by atoms with van der Waals surface area (Å²) in [5.74, 6) is -3.35.